The second-order valence-corrected chi connectivity index (χ2v) is 4.24. The van der Waals surface area contributed by atoms with Gasteiger partial charge in [-0.05, 0) is 6.07 Å². The van der Waals surface area contributed by atoms with Gasteiger partial charge in [0.05, 0.1) is 22.1 Å². The zero-order valence-electron chi connectivity index (χ0n) is 11.0. The van der Waals surface area contributed by atoms with Crippen molar-refractivity contribution in [3.8, 4) is 12.1 Å². The lowest BCUT2D eigenvalue weighted by atomic mass is 10.1. The maximum absolute atomic E-state index is 12.2. The summed E-state index contributed by atoms with van der Waals surface area (Å²) in [5.41, 5.74) is -0.330. The van der Waals surface area contributed by atoms with E-state index in [-0.39, 0.29) is 35.1 Å². The molecule has 0 aromatic heterocycles. The number of rotatable bonds is 5. The number of anilines is 1. The number of nitro benzene ring substituents is 1. The van der Waals surface area contributed by atoms with Crippen LogP contribution in [0.4, 0.5) is 11.4 Å². The number of carbonyl (C=O) groups excluding carboxylic acids is 1. The van der Waals surface area contributed by atoms with Crippen molar-refractivity contribution in [3.05, 3.63) is 32.8 Å². The van der Waals surface area contributed by atoms with Gasteiger partial charge in [-0.1, -0.05) is 11.6 Å². The standard InChI is InChI=1S/C12H10ClN5O3/c1-16-11-9(13)6-8(7-10(11)18(20)21)12(19)17(4-2-14)5-3-15/h6-7,16H,4-5H2,1H3. The fraction of sp³-hybridized carbons (Fsp3) is 0.250. The van der Waals surface area contributed by atoms with Gasteiger partial charge in [-0.2, -0.15) is 10.5 Å². The van der Waals surface area contributed by atoms with Gasteiger partial charge in [-0.25, -0.2) is 0 Å². The number of hydrogen-bond donors (Lipinski definition) is 1. The Morgan fingerprint density at radius 3 is 2.43 bits per heavy atom. The van der Waals surface area contributed by atoms with Crippen LogP contribution in [0.3, 0.4) is 0 Å². The van der Waals surface area contributed by atoms with Crippen LogP contribution in [0.25, 0.3) is 0 Å². The molecule has 0 atom stereocenters. The van der Waals surface area contributed by atoms with Gasteiger partial charge in [0.15, 0.2) is 0 Å². The molecule has 1 amide bonds. The van der Waals surface area contributed by atoms with Gasteiger partial charge in [-0.15, -0.1) is 0 Å². The Kier molecular flexibility index (Phi) is 5.47. The van der Waals surface area contributed by atoms with Gasteiger partial charge < -0.3 is 10.2 Å². The number of carbonyl (C=O) groups is 1. The summed E-state index contributed by atoms with van der Waals surface area (Å²) in [6, 6.07) is 5.82. The average molecular weight is 308 g/mol. The maximum Gasteiger partial charge on any atom is 0.294 e. The molecule has 0 saturated heterocycles. The SMILES string of the molecule is CNc1c(Cl)cc(C(=O)N(CC#N)CC#N)cc1[N+](=O)[O-]. The van der Waals surface area contributed by atoms with Crippen molar-refractivity contribution in [2.24, 2.45) is 0 Å². The molecule has 0 heterocycles. The minimum atomic E-state index is -0.675. The summed E-state index contributed by atoms with van der Waals surface area (Å²) in [5.74, 6) is -0.675. The molecular weight excluding hydrogens is 298 g/mol. The van der Waals surface area contributed by atoms with Crippen LogP contribution in [0, 0.1) is 32.8 Å². The number of benzene rings is 1. The highest BCUT2D eigenvalue weighted by atomic mass is 35.5. The first-order valence-corrected chi connectivity index (χ1v) is 6.02. The minimum Gasteiger partial charge on any atom is -0.381 e. The lowest BCUT2D eigenvalue weighted by Crippen LogP contribution is -2.31. The number of nitriles is 2. The molecule has 0 radical (unpaired) electrons. The number of halogens is 1. The molecule has 0 aliphatic rings. The van der Waals surface area contributed by atoms with E-state index >= 15 is 0 Å². The van der Waals surface area contributed by atoms with Crippen molar-refractivity contribution >= 4 is 28.9 Å². The lowest BCUT2D eigenvalue weighted by molar-refractivity contribution is -0.384. The molecule has 108 valence electrons. The van der Waals surface area contributed by atoms with E-state index in [4.69, 9.17) is 22.1 Å². The molecule has 1 aromatic carbocycles. The highest BCUT2D eigenvalue weighted by molar-refractivity contribution is 6.34. The van der Waals surface area contributed by atoms with Gasteiger partial charge >= 0.3 is 0 Å². The number of hydrogen-bond acceptors (Lipinski definition) is 6. The zero-order valence-corrected chi connectivity index (χ0v) is 11.7. The highest BCUT2D eigenvalue weighted by Crippen LogP contribution is 2.33. The smallest absolute Gasteiger partial charge is 0.294 e. The van der Waals surface area contributed by atoms with Gasteiger partial charge in [0, 0.05) is 18.7 Å². The third kappa shape index (κ3) is 3.59. The largest absolute Gasteiger partial charge is 0.381 e. The Bertz CT molecular complexity index is 646. The quantitative estimate of drug-likeness (QED) is 0.502. The van der Waals surface area contributed by atoms with Crippen LogP contribution < -0.4 is 5.32 Å². The van der Waals surface area contributed by atoms with Crippen molar-refractivity contribution in [3.63, 3.8) is 0 Å². The molecule has 0 saturated carbocycles. The Balaban J connectivity index is 3.31. The van der Waals surface area contributed by atoms with Crippen molar-refractivity contribution in [1.29, 1.82) is 10.5 Å². The van der Waals surface area contributed by atoms with E-state index in [1.165, 1.54) is 13.1 Å². The fourth-order valence-electron chi connectivity index (χ4n) is 1.66. The molecule has 0 spiro atoms. The molecule has 0 aliphatic heterocycles. The molecular formula is C12H10ClN5O3. The van der Waals surface area contributed by atoms with Crippen LogP contribution in [0.5, 0.6) is 0 Å². The predicted octanol–water partition coefficient (Wildman–Crippen LogP) is 1.78. The van der Waals surface area contributed by atoms with Crippen LogP contribution in [-0.2, 0) is 0 Å². The molecule has 0 aliphatic carbocycles. The molecule has 1 aromatic rings. The molecule has 0 unspecified atom stereocenters. The van der Waals surface area contributed by atoms with Crippen LogP contribution in [0.15, 0.2) is 12.1 Å². The van der Waals surface area contributed by atoms with Crippen LogP contribution in [-0.4, -0.2) is 35.9 Å². The molecule has 9 heteroatoms. The van der Waals surface area contributed by atoms with E-state index < -0.39 is 10.8 Å². The maximum atomic E-state index is 12.2. The van der Waals surface area contributed by atoms with Crippen molar-refractivity contribution in [1.82, 2.24) is 4.90 Å². The molecule has 0 fully saturated rings. The van der Waals surface area contributed by atoms with E-state index in [0.717, 1.165) is 11.0 Å². The van der Waals surface area contributed by atoms with E-state index in [9.17, 15) is 14.9 Å². The fourth-order valence-corrected chi connectivity index (χ4v) is 1.97. The van der Waals surface area contributed by atoms with Crippen molar-refractivity contribution in [2.75, 3.05) is 25.5 Å². The summed E-state index contributed by atoms with van der Waals surface area (Å²) < 4.78 is 0. The van der Waals surface area contributed by atoms with Crippen molar-refractivity contribution < 1.29 is 9.72 Å². The summed E-state index contributed by atoms with van der Waals surface area (Å²) in [7, 11) is 1.47. The van der Waals surface area contributed by atoms with Crippen LogP contribution >= 0.6 is 11.6 Å². The average Bonchev–Trinajstić information content (AvgIpc) is 2.45. The van der Waals surface area contributed by atoms with Gasteiger partial charge in [-0.3, -0.25) is 14.9 Å². The zero-order chi connectivity index (χ0) is 16.0. The summed E-state index contributed by atoms with van der Waals surface area (Å²) >= 11 is 5.91. The first kappa shape index (κ1) is 16.2. The topological polar surface area (TPSA) is 123 Å². The molecule has 21 heavy (non-hydrogen) atoms. The van der Waals surface area contributed by atoms with Gasteiger partial charge in [0.25, 0.3) is 11.6 Å². The molecule has 1 N–H and O–H groups in total. The van der Waals surface area contributed by atoms with E-state index in [1.807, 2.05) is 0 Å². The summed E-state index contributed by atoms with van der Waals surface area (Å²) in [6.45, 7) is -0.600. The number of amides is 1. The normalized spacial score (nSPS) is 9.33. The van der Waals surface area contributed by atoms with Crippen LogP contribution in [0.2, 0.25) is 5.02 Å². The number of nitro groups is 1. The Morgan fingerprint density at radius 2 is 2.00 bits per heavy atom. The number of nitrogens with zero attached hydrogens (tertiary/aromatic N) is 4. The van der Waals surface area contributed by atoms with E-state index in [1.54, 1.807) is 12.1 Å². The highest BCUT2D eigenvalue weighted by Gasteiger charge is 2.23. The van der Waals surface area contributed by atoms with E-state index in [0.29, 0.717) is 0 Å². The van der Waals surface area contributed by atoms with E-state index in [2.05, 4.69) is 5.32 Å². The monoisotopic (exact) mass is 307 g/mol. The second-order valence-electron chi connectivity index (χ2n) is 3.84. The number of nitrogens with one attached hydrogen (secondary N) is 1. The first-order valence-electron chi connectivity index (χ1n) is 5.65. The minimum absolute atomic E-state index is 0.00363. The Morgan fingerprint density at radius 1 is 1.43 bits per heavy atom. The first-order chi connectivity index (χ1) is 9.96. The Hall–Kier alpha value is -2.84. The lowest BCUT2D eigenvalue weighted by Gasteiger charge is -2.16. The second kappa shape index (κ2) is 7.08. The van der Waals surface area contributed by atoms with Crippen LogP contribution in [0.1, 0.15) is 10.4 Å². The summed E-state index contributed by atoms with van der Waals surface area (Å²) in [6.07, 6.45) is 0. The molecule has 0 bridgehead atoms. The molecule has 1 rings (SSSR count). The van der Waals surface area contributed by atoms with Gasteiger partial charge in [0.2, 0.25) is 0 Å². The van der Waals surface area contributed by atoms with Gasteiger partial charge in [0.1, 0.15) is 18.8 Å². The predicted molar refractivity (Wildman–Crippen MR) is 74.8 cm³/mol. The van der Waals surface area contributed by atoms with Crippen molar-refractivity contribution in [2.45, 2.75) is 0 Å². The molecule has 8 nitrogen and oxygen atoms in total. The Labute approximate surface area is 125 Å². The third-order valence-electron chi connectivity index (χ3n) is 2.57. The summed E-state index contributed by atoms with van der Waals surface area (Å²) in [5, 5.41) is 30.9. The summed E-state index contributed by atoms with van der Waals surface area (Å²) in [4.78, 5) is 23.5. The third-order valence-corrected chi connectivity index (χ3v) is 2.87.